The van der Waals surface area contributed by atoms with Crippen LogP contribution in [-0.4, -0.2) is 12.6 Å². The quantitative estimate of drug-likeness (QED) is 0.812. The number of nitrogens with one attached hydrogen (secondary N) is 1. The molecule has 1 aliphatic carbocycles. The number of hydrogen-bond donors (Lipinski definition) is 1. The van der Waals surface area contributed by atoms with Crippen molar-refractivity contribution in [2.24, 2.45) is 0 Å². The molecular formula is C15H21ClFN. The van der Waals surface area contributed by atoms with Crippen LogP contribution in [0.25, 0.3) is 0 Å². The van der Waals surface area contributed by atoms with Crippen LogP contribution in [0.4, 0.5) is 4.39 Å². The fourth-order valence-electron chi connectivity index (χ4n) is 2.57. The molecular weight excluding hydrogens is 249 g/mol. The minimum absolute atomic E-state index is 0.177. The van der Waals surface area contributed by atoms with E-state index in [1.165, 1.54) is 18.9 Å². The van der Waals surface area contributed by atoms with Gasteiger partial charge in [0.1, 0.15) is 5.82 Å². The van der Waals surface area contributed by atoms with Gasteiger partial charge in [0, 0.05) is 28.6 Å². The van der Waals surface area contributed by atoms with Crippen LogP contribution in [-0.2, 0) is 5.41 Å². The van der Waals surface area contributed by atoms with E-state index < -0.39 is 0 Å². The first kappa shape index (κ1) is 13.8. The van der Waals surface area contributed by atoms with Crippen LogP contribution in [0.1, 0.15) is 45.1 Å². The molecule has 0 atom stereocenters. The molecule has 1 nitrogen and oxygen atoms in total. The Hall–Kier alpha value is -0.600. The summed E-state index contributed by atoms with van der Waals surface area (Å²) in [6, 6.07) is 5.61. The first-order valence-electron chi connectivity index (χ1n) is 6.81. The largest absolute Gasteiger partial charge is 0.313 e. The minimum Gasteiger partial charge on any atom is -0.313 e. The molecule has 0 bridgehead atoms. The molecule has 100 valence electrons. The van der Waals surface area contributed by atoms with Gasteiger partial charge in [-0.2, -0.15) is 0 Å². The lowest BCUT2D eigenvalue weighted by atomic mass is 9.75. The molecule has 2 rings (SSSR count). The lowest BCUT2D eigenvalue weighted by molar-refractivity contribution is 0.353. The Morgan fingerprint density at radius 2 is 2.00 bits per heavy atom. The highest BCUT2D eigenvalue weighted by Gasteiger charge is 2.35. The van der Waals surface area contributed by atoms with Gasteiger partial charge in [0.05, 0.1) is 0 Å². The summed E-state index contributed by atoms with van der Waals surface area (Å²) < 4.78 is 14.1. The standard InChI is InChI=1S/C15H21ClFN/c1-3-15(4-2,10-18-11-8-9-11)14-12(16)6-5-7-13(14)17/h5-7,11,18H,3-4,8-10H2,1-2H3. The zero-order valence-electron chi connectivity index (χ0n) is 11.1. The van der Waals surface area contributed by atoms with Crippen LogP contribution in [0.5, 0.6) is 0 Å². The molecule has 0 unspecified atom stereocenters. The van der Waals surface area contributed by atoms with Gasteiger partial charge in [0.2, 0.25) is 0 Å². The lowest BCUT2D eigenvalue weighted by Crippen LogP contribution is -2.39. The van der Waals surface area contributed by atoms with Gasteiger partial charge < -0.3 is 5.32 Å². The van der Waals surface area contributed by atoms with Gasteiger partial charge in [-0.05, 0) is 37.8 Å². The van der Waals surface area contributed by atoms with Gasteiger partial charge >= 0.3 is 0 Å². The molecule has 1 saturated carbocycles. The Kier molecular flexibility index (Phi) is 4.29. The summed E-state index contributed by atoms with van der Waals surface area (Å²) in [6.45, 7) is 5.03. The predicted molar refractivity (Wildman–Crippen MR) is 74.7 cm³/mol. The van der Waals surface area contributed by atoms with E-state index in [0.717, 1.165) is 19.4 Å². The molecule has 1 N–H and O–H groups in total. The molecule has 18 heavy (non-hydrogen) atoms. The van der Waals surface area contributed by atoms with Crippen LogP contribution in [0.3, 0.4) is 0 Å². The average Bonchev–Trinajstić information content (AvgIpc) is 3.17. The second-order valence-corrected chi connectivity index (χ2v) is 5.65. The Bertz CT molecular complexity index is 391. The maximum Gasteiger partial charge on any atom is 0.128 e. The maximum absolute atomic E-state index is 14.1. The molecule has 0 radical (unpaired) electrons. The van der Waals surface area contributed by atoms with Crippen molar-refractivity contribution in [2.75, 3.05) is 6.54 Å². The molecule has 3 heteroatoms. The highest BCUT2D eigenvalue weighted by Crippen LogP contribution is 2.38. The third-order valence-corrected chi connectivity index (χ3v) is 4.47. The number of benzene rings is 1. The van der Waals surface area contributed by atoms with Crippen LogP contribution >= 0.6 is 11.6 Å². The van der Waals surface area contributed by atoms with Gasteiger partial charge in [-0.3, -0.25) is 0 Å². The molecule has 1 aromatic rings. The molecule has 0 saturated heterocycles. The van der Waals surface area contributed by atoms with Crippen molar-refractivity contribution in [2.45, 2.75) is 51.0 Å². The first-order chi connectivity index (χ1) is 8.63. The van der Waals surface area contributed by atoms with Crippen LogP contribution in [0.2, 0.25) is 5.02 Å². The van der Waals surface area contributed by atoms with E-state index in [4.69, 9.17) is 11.6 Å². The summed E-state index contributed by atoms with van der Waals surface area (Å²) in [4.78, 5) is 0. The Labute approximate surface area is 114 Å². The van der Waals surface area contributed by atoms with E-state index in [1.807, 2.05) is 0 Å². The van der Waals surface area contributed by atoms with Crippen molar-refractivity contribution in [3.63, 3.8) is 0 Å². The average molecular weight is 270 g/mol. The van der Waals surface area contributed by atoms with Gasteiger partial charge in [-0.1, -0.05) is 31.5 Å². The second-order valence-electron chi connectivity index (χ2n) is 5.24. The Morgan fingerprint density at radius 1 is 1.33 bits per heavy atom. The monoisotopic (exact) mass is 269 g/mol. The van der Waals surface area contributed by atoms with Crippen molar-refractivity contribution in [3.05, 3.63) is 34.6 Å². The Morgan fingerprint density at radius 3 is 2.50 bits per heavy atom. The molecule has 0 heterocycles. The van der Waals surface area contributed by atoms with E-state index >= 15 is 0 Å². The lowest BCUT2D eigenvalue weighted by Gasteiger charge is -2.34. The summed E-state index contributed by atoms with van der Waals surface area (Å²) in [6.07, 6.45) is 4.27. The molecule has 0 amide bonds. The van der Waals surface area contributed by atoms with E-state index in [2.05, 4.69) is 19.2 Å². The zero-order chi connectivity index (χ0) is 13.2. The van der Waals surface area contributed by atoms with Gasteiger partial charge in [0.15, 0.2) is 0 Å². The second kappa shape index (κ2) is 5.58. The number of rotatable bonds is 6. The topological polar surface area (TPSA) is 12.0 Å². The first-order valence-corrected chi connectivity index (χ1v) is 7.18. The summed E-state index contributed by atoms with van der Waals surface area (Å²) in [5.41, 5.74) is 0.496. The minimum atomic E-state index is -0.189. The SMILES string of the molecule is CCC(CC)(CNC1CC1)c1c(F)cccc1Cl. The van der Waals surface area contributed by atoms with E-state index in [1.54, 1.807) is 12.1 Å². The van der Waals surface area contributed by atoms with Gasteiger partial charge in [0.25, 0.3) is 0 Å². The van der Waals surface area contributed by atoms with Crippen molar-refractivity contribution in [3.8, 4) is 0 Å². The summed E-state index contributed by atoms with van der Waals surface area (Å²) in [5, 5.41) is 4.08. The van der Waals surface area contributed by atoms with Crippen molar-refractivity contribution in [1.82, 2.24) is 5.32 Å². The number of halogens is 2. The molecule has 1 aliphatic rings. The fourth-order valence-corrected chi connectivity index (χ4v) is 2.94. The van der Waals surface area contributed by atoms with E-state index in [0.29, 0.717) is 16.6 Å². The summed E-state index contributed by atoms with van der Waals surface area (Å²) in [7, 11) is 0. The van der Waals surface area contributed by atoms with Crippen molar-refractivity contribution >= 4 is 11.6 Å². The van der Waals surface area contributed by atoms with Gasteiger partial charge in [-0.15, -0.1) is 0 Å². The van der Waals surface area contributed by atoms with Crippen LogP contribution in [0, 0.1) is 5.82 Å². The predicted octanol–water partition coefficient (Wildman–Crippen LogP) is 4.29. The third-order valence-electron chi connectivity index (χ3n) is 4.15. The zero-order valence-corrected chi connectivity index (χ0v) is 11.9. The highest BCUT2D eigenvalue weighted by atomic mass is 35.5. The smallest absolute Gasteiger partial charge is 0.128 e. The highest BCUT2D eigenvalue weighted by molar-refractivity contribution is 6.31. The molecule has 0 aromatic heterocycles. The summed E-state index contributed by atoms with van der Waals surface area (Å²) >= 11 is 6.23. The van der Waals surface area contributed by atoms with E-state index in [-0.39, 0.29) is 11.2 Å². The normalized spacial score (nSPS) is 16.0. The molecule has 1 fully saturated rings. The molecule has 1 aromatic carbocycles. The van der Waals surface area contributed by atoms with Crippen LogP contribution < -0.4 is 5.32 Å². The van der Waals surface area contributed by atoms with Crippen LogP contribution in [0.15, 0.2) is 18.2 Å². The van der Waals surface area contributed by atoms with Crippen molar-refractivity contribution < 1.29 is 4.39 Å². The fraction of sp³-hybridized carbons (Fsp3) is 0.600. The maximum atomic E-state index is 14.1. The van der Waals surface area contributed by atoms with Gasteiger partial charge in [-0.25, -0.2) is 4.39 Å². The summed E-state index contributed by atoms with van der Waals surface area (Å²) in [5.74, 6) is -0.177. The van der Waals surface area contributed by atoms with Crippen molar-refractivity contribution in [1.29, 1.82) is 0 Å². The number of hydrogen-bond acceptors (Lipinski definition) is 1. The Balaban J connectivity index is 2.31. The van der Waals surface area contributed by atoms with E-state index in [9.17, 15) is 4.39 Å². The third kappa shape index (κ3) is 2.70. The molecule has 0 aliphatic heterocycles. The molecule has 0 spiro atoms.